The number of carbonyl (C=O) groups is 1. The second-order valence-corrected chi connectivity index (χ2v) is 7.72. The van der Waals surface area contributed by atoms with Crippen molar-refractivity contribution in [3.63, 3.8) is 0 Å². The monoisotopic (exact) mass is 390 g/mol. The Morgan fingerprint density at radius 2 is 1.76 bits per heavy atom. The molecular formula is C22H19FN4O2. The van der Waals surface area contributed by atoms with Crippen LogP contribution in [-0.4, -0.2) is 38.4 Å². The molecule has 0 N–H and O–H groups in total. The van der Waals surface area contributed by atoms with Crippen LogP contribution in [0.25, 0.3) is 11.1 Å². The fourth-order valence-corrected chi connectivity index (χ4v) is 4.64. The minimum atomic E-state index is -0.361. The highest BCUT2D eigenvalue weighted by Gasteiger charge is 2.38. The normalized spacial score (nSPS) is 20.2. The van der Waals surface area contributed by atoms with Gasteiger partial charge in [-0.1, -0.05) is 0 Å². The molecule has 2 aliphatic rings. The van der Waals surface area contributed by atoms with E-state index in [0.29, 0.717) is 25.2 Å². The number of aromatic nitrogens is 3. The van der Waals surface area contributed by atoms with Gasteiger partial charge in [-0.15, -0.1) is 0 Å². The number of benzene rings is 1. The fourth-order valence-electron chi connectivity index (χ4n) is 4.64. The number of fused-ring (bicyclic) bond motifs is 4. The van der Waals surface area contributed by atoms with Crippen molar-refractivity contribution in [2.45, 2.75) is 18.9 Å². The molecule has 29 heavy (non-hydrogen) atoms. The highest BCUT2D eigenvalue weighted by atomic mass is 19.1. The van der Waals surface area contributed by atoms with Crippen molar-refractivity contribution in [3.05, 3.63) is 82.5 Å². The SMILES string of the molecule is O=C(c1ccc(F)cc1)N1C[C@@H]2C[C@H](C1)c1c(-c3cncnc3)ccc(=O)n1C2. The first-order chi connectivity index (χ1) is 14.1. The zero-order valence-electron chi connectivity index (χ0n) is 15.7. The van der Waals surface area contributed by atoms with Crippen molar-refractivity contribution in [2.24, 2.45) is 5.92 Å². The van der Waals surface area contributed by atoms with Crippen LogP contribution in [0.1, 0.15) is 28.4 Å². The van der Waals surface area contributed by atoms with E-state index >= 15 is 0 Å². The third-order valence-electron chi connectivity index (χ3n) is 5.84. The number of amides is 1. The zero-order valence-corrected chi connectivity index (χ0v) is 15.7. The molecule has 2 atom stereocenters. The predicted molar refractivity (Wildman–Crippen MR) is 105 cm³/mol. The summed E-state index contributed by atoms with van der Waals surface area (Å²) < 4.78 is 15.1. The summed E-state index contributed by atoms with van der Waals surface area (Å²) in [7, 11) is 0. The largest absolute Gasteiger partial charge is 0.338 e. The molecule has 1 fully saturated rings. The van der Waals surface area contributed by atoms with Gasteiger partial charge in [-0.3, -0.25) is 9.59 Å². The van der Waals surface area contributed by atoms with E-state index in [1.165, 1.54) is 30.6 Å². The summed E-state index contributed by atoms with van der Waals surface area (Å²) in [5.74, 6) is -0.197. The summed E-state index contributed by atoms with van der Waals surface area (Å²) >= 11 is 0. The smallest absolute Gasteiger partial charge is 0.253 e. The Morgan fingerprint density at radius 1 is 1.00 bits per heavy atom. The zero-order chi connectivity index (χ0) is 20.0. The Bertz CT molecular complexity index is 1130. The average Bonchev–Trinajstić information content (AvgIpc) is 2.75. The molecule has 7 heteroatoms. The lowest BCUT2D eigenvalue weighted by atomic mass is 9.80. The number of pyridine rings is 1. The molecule has 6 nitrogen and oxygen atoms in total. The summed E-state index contributed by atoms with van der Waals surface area (Å²) in [4.78, 5) is 35.6. The van der Waals surface area contributed by atoms with Gasteiger partial charge in [0.25, 0.3) is 11.5 Å². The number of piperidine rings is 1. The summed E-state index contributed by atoms with van der Waals surface area (Å²) in [5, 5.41) is 0. The minimum absolute atomic E-state index is 0.0198. The summed E-state index contributed by atoms with van der Waals surface area (Å²) in [5.41, 5.74) is 3.20. The molecule has 1 saturated heterocycles. The summed E-state index contributed by atoms with van der Waals surface area (Å²) in [6.45, 7) is 1.70. The van der Waals surface area contributed by atoms with Crippen molar-refractivity contribution in [3.8, 4) is 11.1 Å². The van der Waals surface area contributed by atoms with Gasteiger partial charge in [0.1, 0.15) is 12.1 Å². The van der Waals surface area contributed by atoms with Gasteiger partial charge in [-0.2, -0.15) is 0 Å². The van der Waals surface area contributed by atoms with Gasteiger partial charge in [-0.05, 0) is 42.7 Å². The van der Waals surface area contributed by atoms with Crippen molar-refractivity contribution < 1.29 is 9.18 Å². The van der Waals surface area contributed by atoms with E-state index in [2.05, 4.69) is 9.97 Å². The Balaban J connectivity index is 1.53. The van der Waals surface area contributed by atoms with Gasteiger partial charge < -0.3 is 9.47 Å². The first-order valence-electron chi connectivity index (χ1n) is 9.64. The molecule has 0 unspecified atom stereocenters. The van der Waals surface area contributed by atoms with Gasteiger partial charge >= 0.3 is 0 Å². The molecule has 5 rings (SSSR count). The van der Waals surface area contributed by atoms with E-state index in [0.717, 1.165) is 23.2 Å². The maximum absolute atomic E-state index is 13.2. The van der Waals surface area contributed by atoms with E-state index in [4.69, 9.17) is 0 Å². The topological polar surface area (TPSA) is 68.1 Å². The molecule has 2 bridgehead atoms. The molecule has 1 aromatic carbocycles. The maximum atomic E-state index is 13.2. The highest BCUT2D eigenvalue weighted by Crippen LogP contribution is 2.39. The lowest BCUT2D eigenvalue weighted by molar-refractivity contribution is 0.0595. The standard InChI is InChI=1S/C22H19FN4O2/c23-18-3-1-15(2-4-18)22(29)26-10-14-7-16(12-26)21-19(17-8-24-13-25-9-17)5-6-20(28)27(21)11-14/h1-6,8-9,13-14,16H,7,10-12H2/t14-,16+/m0/s1. The summed E-state index contributed by atoms with van der Waals surface area (Å²) in [6, 6.07) is 9.07. The van der Waals surface area contributed by atoms with Gasteiger partial charge in [-0.25, -0.2) is 14.4 Å². The lowest BCUT2D eigenvalue weighted by Gasteiger charge is -2.43. The van der Waals surface area contributed by atoms with Crippen LogP contribution < -0.4 is 5.56 Å². The van der Waals surface area contributed by atoms with Gasteiger partial charge in [0, 0.05) is 66.4 Å². The molecule has 4 heterocycles. The van der Waals surface area contributed by atoms with Crippen molar-refractivity contribution in [1.29, 1.82) is 0 Å². The quantitative estimate of drug-likeness (QED) is 0.675. The van der Waals surface area contributed by atoms with Crippen LogP contribution >= 0.6 is 0 Å². The number of halogens is 1. The Kier molecular flexibility index (Phi) is 4.23. The van der Waals surface area contributed by atoms with Crippen molar-refractivity contribution in [1.82, 2.24) is 19.4 Å². The van der Waals surface area contributed by atoms with Crippen molar-refractivity contribution >= 4 is 5.91 Å². The van der Waals surface area contributed by atoms with E-state index in [1.54, 1.807) is 18.5 Å². The molecule has 0 aliphatic carbocycles. The number of hydrogen-bond donors (Lipinski definition) is 0. The van der Waals surface area contributed by atoms with Crippen LogP contribution in [0.5, 0.6) is 0 Å². The van der Waals surface area contributed by atoms with Gasteiger partial charge in [0.05, 0.1) is 0 Å². The Hall–Kier alpha value is -3.35. The number of carbonyl (C=O) groups excluding carboxylic acids is 1. The molecule has 2 aliphatic heterocycles. The molecule has 0 saturated carbocycles. The van der Waals surface area contributed by atoms with E-state index in [1.807, 2.05) is 15.5 Å². The van der Waals surface area contributed by atoms with E-state index in [9.17, 15) is 14.0 Å². The number of hydrogen-bond acceptors (Lipinski definition) is 4. The molecule has 0 radical (unpaired) electrons. The van der Waals surface area contributed by atoms with Crippen LogP contribution in [0.15, 0.2) is 59.9 Å². The Labute approximate surface area is 166 Å². The first kappa shape index (κ1) is 17.7. The van der Waals surface area contributed by atoms with Gasteiger partial charge in [0.15, 0.2) is 0 Å². The first-order valence-corrected chi connectivity index (χ1v) is 9.64. The third kappa shape index (κ3) is 3.12. The predicted octanol–water partition coefficient (Wildman–Crippen LogP) is 2.70. The van der Waals surface area contributed by atoms with E-state index in [-0.39, 0.29) is 29.1 Å². The lowest BCUT2D eigenvalue weighted by Crippen LogP contribution is -2.49. The molecule has 0 spiro atoms. The second-order valence-electron chi connectivity index (χ2n) is 7.72. The molecule has 146 valence electrons. The Morgan fingerprint density at radius 3 is 2.52 bits per heavy atom. The third-order valence-corrected chi connectivity index (χ3v) is 5.84. The second kappa shape index (κ2) is 6.92. The number of nitrogens with zero attached hydrogens (tertiary/aromatic N) is 4. The molecule has 1 amide bonds. The maximum Gasteiger partial charge on any atom is 0.253 e. The van der Waals surface area contributed by atoms with Crippen LogP contribution in [0.2, 0.25) is 0 Å². The van der Waals surface area contributed by atoms with E-state index < -0.39 is 0 Å². The number of likely N-dealkylation sites (tertiary alicyclic amines) is 1. The average molecular weight is 390 g/mol. The molecule has 3 aromatic rings. The highest BCUT2D eigenvalue weighted by molar-refractivity contribution is 5.94. The van der Waals surface area contributed by atoms with Crippen molar-refractivity contribution in [2.75, 3.05) is 13.1 Å². The van der Waals surface area contributed by atoms with Crippen LogP contribution in [0.3, 0.4) is 0 Å². The summed E-state index contributed by atoms with van der Waals surface area (Å²) in [6.07, 6.45) is 5.89. The molecular weight excluding hydrogens is 371 g/mol. The molecule has 2 aromatic heterocycles. The van der Waals surface area contributed by atoms with Crippen LogP contribution in [0.4, 0.5) is 4.39 Å². The van der Waals surface area contributed by atoms with Crippen LogP contribution in [-0.2, 0) is 6.54 Å². The minimum Gasteiger partial charge on any atom is -0.338 e. The number of rotatable bonds is 2. The van der Waals surface area contributed by atoms with Crippen LogP contribution in [0, 0.1) is 11.7 Å². The fraction of sp³-hybridized carbons (Fsp3) is 0.273. The van der Waals surface area contributed by atoms with Gasteiger partial charge in [0.2, 0.25) is 0 Å².